The Morgan fingerprint density at radius 3 is 2.89 bits per heavy atom. The van der Waals surface area contributed by atoms with Gasteiger partial charge in [0, 0.05) is 23.5 Å². The molecule has 0 amide bonds. The van der Waals surface area contributed by atoms with Gasteiger partial charge in [0.05, 0.1) is 22.8 Å². The molecule has 0 aliphatic rings. The molecule has 1 N–H and O–H groups in total. The predicted octanol–water partition coefficient (Wildman–Crippen LogP) is 3.29. The lowest BCUT2D eigenvalue weighted by molar-refractivity contribution is 1.01. The molecule has 0 aliphatic heterocycles. The van der Waals surface area contributed by atoms with Crippen LogP contribution in [0.4, 0.5) is 5.69 Å². The van der Waals surface area contributed by atoms with Gasteiger partial charge in [0.1, 0.15) is 0 Å². The summed E-state index contributed by atoms with van der Waals surface area (Å²) in [7, 11) is 0. The van der Waals surface area contributed by atoms with E-state index in [1.54, 1.807) is 11.3 Å². The van der Waals surface area contributed by atoms with Gasteiger partial charge in [-0.15, -0.1) is 11.3 Å². The highest BCUT2D eigenvalue weighted by atomic mass is 32.1. The van der Waals surface area contributed by atoms with Crippen LogP contribution in [0.15, 0.2) is 23.7 Å². The SMILES string of the molecule is Cc1ccc(C#N)cc1NCCc1scnc1C. The summed E-state index contributed by atoms with van der Waals surface area (Å²) in [6, 6.07) is 7.87. The zero-order valence-corrected chi connectivity index (χ0v) is 11.3. The molecule has 1 aromatic carbocycles. The molecule has 4 heteroatoms. The van der Waals surface area contributed by atoms with Crippen molar-refractivity contribution in [2.75, 3.05) is 11.9 Å². The van der Waals surface area contributed by atoms with Crippen molar-refractivity contribution in [2.45, 2.75) is 20.3 Å². The van der Waals surface area contributed by atoms with E-state index in [4.69, 9.17) is 5.26 Å². The van der Waals surface area contributed by atoms with Crippen molar-refractivity contribution >= 4 is 17.0 Å². The van der Waals surface area contributed by atoms with E-state index in [9.17, 15) is 0 Å². The topological polar surface area (TPSA) is 48.7 Å². The van der Waals surface area contributed by atoms with E-state index in [1.807, 2.05) is 37.6 Å². The maximum atomic E-state index is 8.88. The Labute approximate surface area is 111 Å². The van der Waals surface area contributed by atoms with Crippen LogP contribution in [-0.2, 0) is 6.42 Å². The fourth-order valence-electron chi connectivity index (χ4n) is 1.76. The van der Waals surface area contributed by atoms with Gasteiger partial charge in [-0.05, 0) is 31.5 Å². The van der Waals surface area contributed by atoms with Crippen LogP contribution in [0.1, 0.15) is 21.7 Å². The van der Waals surface area contributed by atoms with Crippen LogP contribution < -0.4 is 5.32 Å². The molecule has 0 fully saturated rings. The Balaban J connectivity index is 1.98. The standard InChI is InChI=1S/C14H15N3S/c1-10-3-4-12(8-15)7-13(10)16-6-5-14-11(2)17-9-18-14/h3-4,7,9,16H,5-6H2,1-2H3. The van der Waals surface area contributed by atoms with Gasteiger partial charge in [-0.1, -0.05) is 6.07 Å². The molecule has 0 aliphatic carbocycles. The van der Waals surface area contributed by atoms with Gasteiger partial charge < -0.3 is 5.32 Å². The summed E-state index contributed by atoms with van der Waals surface area (Å²) in [6.45, 7) is 4.94. The van der Waals surface area contributed by atoms with Crippen LogP contribution in [-0.4, -0.2) is 11.5 Å². The second-order valence-corrected chi connectivity index (χ2v) is 5.12. The summed E-state index contributed by atoms with van der Waals surface area (Å²) in [5.74, 6) is 0. The maximum absolute atomic E-state index is 8.88. The number of aromatic nitrogens is 1. The zero-order valence-electron chi connectivity index (χ0n) is 10.5. The summed E-state index contributed by atoms with van der Waals surface area (Å²) in [6.07, 6.45) is 0.965. The minimum Gasteiger partial charge on any atom is -0.384 e. The Bertz CT molecular complexity index is 581. The third-order valence-electron chi connectivity index (χ3n) is 2.88. The largest absolute Gasteiger partial charge is 0.384 e. The van der Waals surface area contributed by atoms with E-state index in [1.165, 1.54) is 4.88 Å². The van der Waals surface area contributed by atoms with Gasteiger partial charge in [-0.25, -0.2) is 4.98 Å². The Kier molecular flexibility index (Phi) is 3.96. The third kappa shape index (κ3) is 2.88. The van der Waals surface area contributed by atoms with E-state index in [-0.39, 0.29) is 0 Å². The van der Waals surface area contributed by atoms with Gasteiger partial charge in [0.25, 0.3) is 0 Å². The molecular formula is C14H15N3S. The highest BCUT2D eigenvalue weighted by Gasteiger charge is 2.03. The molecule has 0 atom stereocenters. The lowest BCUT2D eigenvalue weighted by atomic mass is 10.1. The first-order chi connectivity index (χ1) is 8.70. The van der Waals surface area contributed by atoms with Crippen LogP contribution >= 0.6 is 11.3 Å². The van der Waals surface area contributed by atoms with Crippen molar-refractivity contribution in [1.82, 2.24) is 4.98 Å². The van der Waals surface area contributed by atoms with Crippen molar-refractivity contribution in [3.63, 3.8) is 0 Å². The number of rotatable bonds is 4. The first-order valence-electron chi connectivity index (χ1n) is 5.84. The van der Waals surface area contributed by atoms with E-state index >= 15 is 0 Å². The van der Waals surface area contributed by atoms with Gasteiger partial charge >= 0.3 is 0 Å². The predicted molar refractivity (Wildman–Crippen MR) is 74.9 cm³/mol. The normalized spacial score (nSPS) is 10.1. The molecule has 1 aromatic heterocycles. The van der Waals surface area contributed by atoms with Crippen molar-refractivity contribution in [3.05, 3.63) is 45.4 Å². The van der Waals surface area contributed by atoms with Crippen LogP contribution in [0.2, 0.25) is 0 Å². The molecule has 0 saturated carbocycles. The Morgan fingerprint density at radius 2 is 2.22 bits per heavy atom. The number of nitrogens with zero attached hydrogens (tertiary/aromatic N) is 2. The molecule has 2 rings (SSSR count). The van der Waals surface area contributed by atoms with Gasteiger partial charge in [0.15, 0.2) is 0 Å². The average molecular weight is 257 g/mol. The van der Waals surface area contributed by atoms with Crippen LogP contribution in [0, 0.1) is 25.2 Å². The monoisotopic (exact) mass is 257 g/mol. The first-order valence-corrected chi connectivity index (χ1v) is 6.72. The summed E-state index contributed by atoms with van der Waals surface area (Å²) >= 11 is 1.69. The first kappa shape index (κ1) is 12.6. The zero-order chi connectivity index (χ0) is 13.0. The van der Waals surface area contributed by atoms with Crippen molar-refractivity contribution in [3.8, 4) is 6.07 Å². The van der Waals surface area contributed by atoms with Crippen molar-refractivity contribution in [2.24, 2.45) is 0 Å². The van der Waals surface area contributed by atoms with E-state index in [0.717, 1.165) is 29.9 Å². The van der Waals surface area contributed by atoms with Gasteiger partial charge in [0.2, 0.25) is 0 Å². The second kappa shape index (κ2) is 5.65. The van der Waals surface area contributed by atoms with Crippen molar-refractivity contribution < 1.29 is 0 Å². The molecule has 0 bridgehead atoms. The molecule has 0 saturated heterocycles. The third-order valence-corrected chi connectivity index (χ3v) is 3.87. The summed E-state index contributed by atoms with van der Waals surface area (Å²) in [4.78, 5) is 5.55. The van der Waals surface area contributed by atoms with E-state index in [2.05, 4.69) is 16.4 Å². The summed E-state index contributed by atoms with van der Waals surface area (Å²) < 4.78 is 0. The number of thiazole rings is 1. The molecule has 0 unspecified atom stereocenters. The molecule has 0 spiro atoms. The molecule has 2 aromatic rings. The van der Waals surface area contributed by atoms with Gasteiger partial charge in [-0.3, -0.25) is 0 Å². The number of nitrogens with one attached hydrogen (secondary N) is 1. The number of hydrogen-bond donors (Lipinski definition) is 1. The second-order valence-electron chi connectivity index (χ2n) is 4.18. The Hall–Kier alpha value is -1.86. The maximum Gasteiger partial charge on any atom is 0.0992 e. The highest BCUT2D eigenvalue weighted by molar-refractivity contribution is 7.09. The smallest absolute Gasteiger partial charge is 0.0992 e. The fraction of sp³-hybridized carbons (Fsp3) is 0.286. The quantitative estimate of drug-likeness (QED) is 0.914. The minimum atomic E-state index is 0.692. The van der Waals surface area contributed by atoms with Crippen molar-refractivity contribution in [1.29, 1.82) is 5.26 Å². The van der Waals surface area contributed by atoms with Crippen LogP contribution in [0.3, 0.4) is 0 Å². The number of nitriles is 1. The lowest BCUT2D eigenvalue weighted by Crippen LogP contribution is -2.06. The number of aryl methyl sites for hydroxylation is 2. The lowest BCUT2D eigenvalue weighted by Gasteiger charge is -2.09. The number of hydrogen-bond acceptors (Lipinski definition) is 4. The average Bonchev–Trinajstić information content (AvgIpc) is 2.77. The fourth-order valence-corrected chi connectivity index (χ4v) is 2.54. The highest BCUT2D eigenvalue weighted by Crippen LogP contribution is 2.17. The molecule has 0 radical (unpaired) electrons. The number of benzene rings is 1. The number of anilines is 1. The summed E-state index contributed by atoms with van der Waals surface area (Å²) in [5, 5.41) is 12.3. The Morgan fingerprint density at radius 1 is 1.39 bits per heavy atom. The van der Waals surface area contributed by atoms with Crippen LogP contribution in [0.25, 0.3) is 0 Å². The molecule has 3 nitrogen and oxygen atoms in total. The van der Waals surface area contributed by atoms with E-state index in [0.29, 0.717) is 5.56 Å². The van der Waals surface area contributed by atoms with E-state index < -0.39 is 0 Å². The van der Waals surface area contributed by atoms with Crippen LogP contribution in [0.5, 0.6) is 0 Å². The minimum absolute atomic E-state index is 0.692. The molecule has 1 heterocycles. The summed E-state index contributed by atoms with van der Waals surface area (Å²) in [5.41, 5.74) is 5.89. The molecular weight excluding hydrogens is 242 g/mol. The molecule has 92 valence electrons. The molecule has 18 heavy (non-hydrogen) atoms. The van der Waals surface area contributed by atoms with Gasteiger partial charge in [-0.2, -0.15) is 5.26 Å².